The maximum absolute atomic E-state index is 13.4. The van der Waals surface area contributed by atoms with Crippen LogP contribution in [0.4, 0.5) is 4.39 Å². The molecular formula is C21H16ClFN2O2. The van der Waals surface area contributed by atoms with Crippen LogP contribution in [0.2, 0.25) is 5.02 Å². The van der Waals surface area contributed by atoms with Gasteiger partial charge in [-0.2, -0.15) is 0 Å². The van der Waals surface area contributed by atoms with Gasteiger partial charge in [0, 0.05) is 34.4 Å². The van der Waals surface area contributed by atoms with E-state index in [2.05, 4.69) is 4.98 Å². The first kappa shape index (κ1) is 17.5. The standard InChI is InChI=1S/C21H16ClFN2O2/c1-12-17(10-16-4-2-13-8-15(23)3-5-18(13)24-16)20-9-14(22)6-7-25(20)19(12)11-21(26)27/h2-9H,10-11H2,1H3,(H,26,27). The Morgan fingerprint density at radius 3 is 2.81 bits per heavy atom. The monoisotopic (exact) mass is 382 g/mol. The van der Waals surface area contributed by atoms with Gasteiger partial charge in [0.15, 0.2) is 0 Å². The average Bonchev–Trinajstić information content (AvgIpc) is 2.86. The Balaban J connectivity index is 1.83. The molecule has 0 atom stereocenters. The van der Waals surface area contributed by atoms with Gasteiger partial charge in [-0.25, -0.2) is 4.39 Å². The fourth-order valence-electron chi connectivity index (χ4n) is 3.49. The number of pyridine rings is 2. The highest BCUT2D eigenvalue weighted by Gasteiger charge is 2.18. The summed E-state index contributed by atoms with van der Waals surface area (Å²) in [6.45, 7) is 1.92. The normalized spacial score (nSPS) is 11.4. The molecule has 0 fully saturated rings. The Hall–Kier alpha value is -2.92. The molecule has 6 heteroatoms. The largest absolute Gasteiger partial charge is 0.481 e. The number of halogens is 2. The second-order valence-electron chi connectivity index (χ2n) is 6.54. The molecule has 1 N–H and O–H groups in total. The third-order valence-corrected chi connectivity index (χ3v) is 5.02. The van der Waals surface area contributed by atoms with E-state index in [4.69, 9.17) is 11.6 Å². The minimum atomic E-state index is -0.884. The van der Waals surface area contributed by atoms with Gasteiger partial charge in [0.1, 0.15) is 5.82 Å². The number of carbonyl (C=O) groups is 1. The molecule has 0 saturated heterocycles. The van der Waals surface area contributed by atoms with E-state index in [1.165, 1.54) is 12.1 Å². The van der Waals surface area contributed by atoms with Crippen LogP contribution in [-0.2, 0) is 17.6 Å². The van der Waals surface area contributed by atoms with Crippen LogP contribution in [0.5, 0.6) is 0 Å². The summed E-state index contributed by atoms with van der Waals surface area (Å²) < 4.78 is 15.2. The van der Waals surface area contributed by atoms with E-state index in [9.17, 15) is 14.3 Å². The predicted octanol–water partition coefficient (Wildman–Crippen LogP) is 4.81. The van der Waals surface area contributed by atoms with Gasteiger partial charge in [0.25, 0.3) is 0 Å². The van der Waals surface area contributed by atoms with Gasteiger partial charge in [0.05, 0.1) is 17.5 Å². The van der Waals surface area contributed by atoms with Gasteiger partial charge in [-0.15, -0.1) is 0 Å². The fraction of sp³-hybridized carbons (Fsp3) is 0.143. The summed E-state index contributed by atoms with van der Waals surface area (Å²) in [6.07, 6.45) is 2.25. The van der Waals surface area contributed by atoms with Crippen LogP contribution in [0.3, 0.4) is 0 Å². The Morgan fingerprint density at radius 2 is 2.04 bits per heavy atom. The molecule has 27 heavy (non-hydrogen) atoms. The third kappa shape index (κ3) is 3.26. The topological polar surface area (TPSA) is 54.6 Å². The Morgan fingerprint density at radius 1 is 1.22 bits per heavy atom. The Bertz CT molecular complexity index is 1200. The van der Waals surface area contributed by atoms with Crippen molar-refractivity contribution in [2.24, 2.45) is 0 Å². The zero-order chi connectivity index (χ0) is 19.1. The first-order chi connectivity index (χ1) is 12.9. The van der Waals surface area contributed by atoms with E-state index in [1.54, 1.807) is 18.3 Å². The summed E-state index contributed by atoms with van der Waals surface area (Å²) in [5.74, 6) is -1.18. The minimum absolute atomic E-state index is 0.0704. The number of rotatable bonds is 4. The van der Waals surface area contributed by atoms with Crippen molar-refractivity contribution in [2.75, 3.05) is 0 Å². The molecule has 0 aliphatic carbocycles. The van der Waals surface area contributed by atoms with Crippen LogP contribution < -0.4 is 0 Å². The molecule has 4 aromatic rings. The summed E-state index contributed by atoms with van der Waals surface area (Å²) in [5.41, 5.74) is 5.05. The number of aromatic nitrogens is 2. The zero-order valence-corrected chi connectivity index (χ0v) is 15.3. The highest BCUT2D eigenvalue weighted by Crippen LogP contribution is 2.28. The van der Waals surface area contributed by atoms with Gasteiger partial charge < -0.3 is 9.51 Å². The lowest BCUT2D eigenvalue weighted by Gasteiger charge is -2.05. The smallest absolute Gasteiger partial charge is 0.309 e. The first-order valence-corrected chi connectivity index (χ1v) is 8.85. The SMILES string of the molecule is Cc1c(Cc2ccc3cc(F)ccc3n2)c2cc(Cl)ccn2c1CC(=O)O. The summed E-state index contributed by atoms with van der Waals surface area (Å²) >= 11 is 6.17. The van der Waals surface area contributed by atoms with Crippen molar-refractivity contribution in [3.8, 4) is 0 Å². The lowest BCUT2D eigenvalue weighted by molar-refractivity contribution is -0.136. The first-order valence-electron chi connectivity index (χ1n) is 8.47. The molecule has 4 nitrogen and oxygen atoms in total. The van der Waals surface area contributed by atoms with Gasteiger partial charge in [-0.3, -0.25) is 9.78 Å². The maximum atomic E-state index is 13.4. The number of benzene rings is 1. The summed E-state index contributed by atoms with van der Waals surface area (Å²) in [7, 11) is 0. The quantitative estimate of drug-likeness (QED) is 0.551. The van der Waals surface area contributed by atoms with Crippen molar-refractivity contribution in [3.05, 3.63) is 82.0 Å². The van der Waals surface area contributed by atoms with Gasteiger partial charge in [-0.05, 0) is 54.4 Å². The van der Waals surface area contributed by atoms with Gasteiger partial charge in [-0.1, -0.05) is 17.7 Å². The van der Waals surface area contributed by atoms with Crippen LogP contribution in [0.15, 0.2) is 48.7 Å². The molecule has 0 amide bonds. The van der Waals surface area contributed by atoms with Crippen LogP contribution in [-0.4, -0.2) is 20.5 Å². The van der Waals surface area contributed by atoms with Crippen LogP contribution in [0.1, 0.15) is 22.5 Å². The number of aliphatic carboxylic acids is 1. The number of carboxylic acids is 1. The predicted molar refractivity (Wildman–Crippen MR) is 103 cm³/mol. The molecule has 136 valence electrons. The van der Waals surface area contributed by atoms with E-state index >= 15 is 0 Å². The van der Waals surface area contributed by atoms with Crippen molar-refractivity contribution >= 4 is 34.0 Å². The molecular weight excluding hydrogens is 367 g/mol. The molecule has 0 spiro atoms. The van der Waals surface area contributed by atoms with Crippen molar-refractivity contribution in [1.29, 1.82) is 0 Å². The molecule has 0 aliphatic rings. The van der Waals surface area contributed by atoms with E-state index in [1.807, 2.05) is 29.5 Å². The number of fused-ring (bicyclic) bond motifs is 2. The molecule has 3 aromatic heterocycles. The number of hydrogen-bond acceptors (Lipinski definition) is 2. The zero-order valence-electron chi connectivity index (χ0n) is 14.5. The lowest BCUT2D eigenvalue weighted by Crippen LogP contribution is -2.04. The van der Waals surface area contributed by atoms with Crippen molar-refractivity contribution in [3.63, 3.8) is 0 Å². The van der Waals surface area contributed by atoms with E-state index < -0.39 is 5.97 Å². The molecule has 0 bridgehead atoms. The van der Waals surface area contributed by atoms with Crippen molar-refractivity contribution in [1.82, 2.24) is 9.38 Å². The number of nitrogens with zero attached hydrogens (tertiary/aromatic N) is 2. The lowest BCUT2D eigenvalue weighted by atomic mass is 10.0. The molecule has 0 saturated carbocycles. The Labute approximate surface area is 159 Å². The fourth-order valence-corrected chi connectivity index (χ4v) is 3.65. The second-order valence-corrected chi connectivity index (χ2v) is 6.97. The van der Waals surface area contributed by atoms with Crippen LogP contribution in [0.25, 0.3) is 16.4 Å². The molecule has 0 radical (unpaired) electrons. The van der Waals surface area contributed by atoms with Gasteiger partial charge in [0.2, 0.25) is 0 Å². The van der Waals surface area contributed by atoms with E-state index in [-0.39, 0.29) is 12.2 Å². The average molecular weight is 383 g/mol. The molecule has 1 aromatic carbocycles. The summed E-state index contributed by atoms with van der Waals surface area (Å²) in [5, 5.41) is 10.6. The van der Waals surface area contributed by atoms with Gasteiger partial charge >= 0.3 is 5.97 Å². The second kappa shape index (κ2) is 6.67. The number of hydrogen-bond donors (Lipinski definition) is 1. The molecule has 0 aliphatic heterocycles. The van der Waals surface area contributed by atoms with Crippen molar-refractivity contribution < 1.29 is 14.3 Å². The Kier molecular flexibility index (Phi) is 4.32. The van der Waals surface area contributed by atoms with Crippen molar-refractivity contribution in [2.45, 2.75) is 19.8 Å². The molecule has 4 rings (SSSR count). The highest BCUT2D eigenvalue weighted by atomic mass is 35.5. The highest BCUT2D eigenvalue weighted by molar-refractivity contribution is 6.30. The third-order valence-electron chi connectivity index (χ3n) is 4.79. The molecule has 3 heterocycles. The van der Waals surface area contributed by atoms with Crippen LogP contribution in [0, 0.1) is 12.7 Å². The number of carboxylic acid groups (broad SMARTS) is 1. The van der Waals surface area contributed by atoms with E-state index in [0.29, 0.717) is 11.4 Å². The maximum Gasteiger partial charge on any atom is 0.309 e. The van der Waals surface area contributed by atoms with Crippen LogP contribution >= 0.6 is 11.6 Å². The molecule has 0 unspecified atom stereocenters. The summed E-state index contributed by atoms with van der Waals surface area (Å²) in [4.78, 5) is 15.9. The minimum Gasteiger partial charge on any atom is -0.481 e. The summed E-state index contributed by atoms with van der Waals surface area (Å²) in [6, 6.07) is 11.8. The van der Waals surface area contributed by atoms with E-state index in [0.717, 1.165) is 38.9 Å².